The molecule has 4 heteroatoms. The van der Waals surface area contributed by atoms with E-state index in [-0.39, 0.29) is 0 Å². The van der Waals surface area contributed by atoms with Crippen LogP contribution in [0.1, 0.15) is 41.9 Å². The first kappa shape index (κ1) is 15.5. The Morgan fingerprint density at radius 2 is 2.15 bits per heavy atom. The summed E-state index contributed by atoms with van der Waals surface area (Å²) in [6.07, 6.45) is 1.85. The predicted octanol–water partition coefficient (Wildman–Crippen LogP) is 4.45. The van der Waals surface area contributed by atoms with Gasteiger partial charge in [-0.05, 0) is 24.1 Å². The van der Waals surface area contributed by atoms with Gasteiger partial charge in [0.2, 0.25) is 0 Å². The molecule has 0 amide bonds. The van der Waals surface area contributed by atoms with E-state index in [0.29, 0.717) is 6.04 Å². The normalized spacial score (nSPS) is 11.2. The lowest BCUT2D eigenvalue weighted by Crippen LogP contribution is -2.21. The minimum absolute atomic E-state index is 0.498. The van der Waals surface area contributed by atoms with Gasteiger partial charge in [-0.2, -0.15) is 0 Å². The lowest BCUT2D eigenvalue weighted by Gasteiger charge is -2.06. The maximum absolute atomic E-state index is 6.03. The fourth-order valence-corrected chi connectivity index (χ4v) is 3.40. The maximum Gasteiger partial charge on any atom is 0.0975 e. The first-order valence-corrected chi connectivity index (χ1v) is 8.23. The first-order chi connectivity index (χ1) is 9.58. The molecule has 1 aromatic heterocycles. The Bertz CT molecular complexity index is 563. The first-order valence-electron chi connectivity index (χ1n) is 7.03. The van der Waals surface area contributed by atoms with Gasteiger partial charge in [-0.3, -0.25) is 0 Å². The van der Waals surface area contributed by atoms with Crippen LogP contribution in [0.2, 0.25) is 5.02 Å². The molecule has 0 bridgehead atoms. The highest BCUT2D eigenvalue weighted by Gasteiger charge is 2.10. The molecule has 0 radical (unpaired) electrons. The Labute approximate surface area is 130 Å². The van der Waals surface area contributed by atoms with Crippen molar-refractivity contribution in [3.05, 3.63) is 50.4 Å². The molecule has 2 aromatic rings. The highest BCUT2D eigenvalue weighted by atomic mass is 35.5. The van der Waals surface area contributed by atoms with Crippen molar-refractivity contribution in [2.75, 3.05) is 0 Å². The van der Waals surface area contributed by atoms with Crippen LogP contribution in [0.4, 0.5) is 0 Å². The van der Waals surface area contributed by atoms with E-state index in [9.17, 15) is 0 Å². The number of aromatic nitrogens is 1. The van der Waals surface area contributed by atoms with Crippen molar-refractivity contribution in [3.63, 3.8) is 0 Å². The number of halogens is 1. The Kier molecular flexibility index (Phi) is 5.58. The summed E-state index contributed by atoms with van der Waals surface area (Å²) >= 11 is 7.84. The summed E-state index contributed by atoms with van der Waals surface area (Å²) in [4.78, 5) is 6.13. The zero-order chi connectivity index (χ0) is 14.5. The second-order valence-electron chi connectivity index (χ2n) is 5.17. The average Bonchev–Trinajstić information content (AvgIpc) is 2.78. The van der Waals surface area contributed by atoms with E-state index in [1.165, 1.54) is 21.1 Å². The third-order valence-electron chi connectivity index (χ3n) is 3.07. The molecular formula is C16H21ClN2S. The molecule has 2 rings (SSSR count). The van der Waals surface area contributed by atoms with E-state index >= 15 is 0 Å². The van der Waals surface area contributed by atoms with Gasteiger partial charge in [-0.25, -0.2) is 4.98 Å². The number of benzene rings is 1. The fourth-order valence-electron chi connectivity index (χ4n) is 2.05. The summed E-state index contributed by atoms with van der Waals surface area (Å²) in [5.41, 5.74) is 2.44. The van der Waals surface area contributed by atoms with Gasteiger partial charge in [0.1, 0.15) is 0 Å². The van der Waals surface area contributed by atoms with Crippen LogP contribution in [0.5, 0.6) is 0 Å². The van der Waals surface area contributed by atoms with E-state index in [4.69, 9.17) is 16.6 Å². The van der Waals surface area contributed by atoms with Gasteiger partial charge in [0, 0.05) is 28.9 Å². The summed E-state index contributed by atoms with van der Waals surface area (Å²) in [5.74, 6) is 0. The van der Waals surface area contributed by atoms with E-state index in [2.05, 4.69) is 32.2 Å². The zero-order valence-corrected chi connectivity index (χ0v) is 13.8. The molecule has 2 nitrogen and oxygen atoms in total. The van der Waals surface area contributed by atoms with Crippen molar-refractivity contribution in [1.82, 2.24) is 10.3 Å². The maximum atomic E-state index is 6.03. The predicted molar refractivity (Wildman–Crippen MR) is 87.7 cm³/mol. The number of nitrogens with zero attached hydrogens (tertiary/aromatic N) is 1. The lowest BCUT2D eigenvalue weighted by atomic mass is 10.2. The van der Waals surface area contributed by atoms with E-state index in [1.807, 2.05) is 29.5 Å². The van der Waals surface area contributed by atoms with Gasteiger partial charge in [-0.15, -0.1) is 11.3 Å². The SMILES string of the molecule is CCc1nc(Cc2cccc(Cl)c2)sc1CNC(C)C. The summed E-state index contributed by atoms with van der Waals surface area (Å²) in [5, 5.41) is 5.43. The van der Waals surface area contributed by atoms with Crippen LogP contribution in [-0.2, 0) is 19.4 Å². The molecule has 0 saturated heterocycles. The van der Waals surface area contributed by atoms with Gasteiger partial charge in [0.05, 0.1) is 10.7 Å². The van der Waals surface area contributed by atoms with Gasteiger partial charge in [-0.1, -0.05) is 44.5 Å². The number of hydrogen-bond donors (Lipinski definition) is 1. The van der Waals surface area contributed by atoms with E-state index in [0.717, 1.165) is 24.4 Å². The van der Waals surface area contributed by atoms with Gasteiger partial charge >= 0.3 is 0 Å². The van der Waals surface area contributed by atoms with E-state index in [1.54, 1.807) is 0 Å². The minimum Gasteiger partial charge on any atom is -0.310 e. The number of rotatable bonds is 6. The van der Waals surface area contributed by atoms with Crippen LogP contribution >= 0.6 is 22.9 Å². The monoisotopic (exact) mass is 308 g/mol. The molecule has 1 aromatic carbocycles. The Morgan fingerprint density at radius 3 is 2.80 bits per heavy atom. The molecule has 1 heterocycles. The van der Waals surface area contributed by atoms with E-state index < -0.39 is 0 Å². The standard InChI is InChI=1S/C16H21ClN2S/c1-4-14-15(10-18-11(2)3)20-16(19-14)9-12-6-5-7-13(17)8-12/h5-8,11,18H,4,9-10H2,1-3H3. The second-order valence-corrected chi connectivity index (χ2v) is 6.78. The highest BCUT2D eigenvalue weighted by Crippen LogP contribution is 2.23. The number of aryl methyl sites for hydroxylation is 1. The third-order valence-corrected chi connectivity index (χ3v) is 4.41. The molecule has 0 atom stereocenters. The lowest BCUT2D eigenvalue weighted by molar-refractivity contribution is 0.590. The molecule has 0 spiro atoms. The Morgan fingerprint density at radius 1 is 1.35 bits per heavy atom. The smallest absolute Gasteiger partial charge is 0.0975 e. The van der Waals surface area contributed by atoms with Crippen molar-refractivity contribution >= 4 is 22.9 Å². The van der Waals surface area contributed by atoms with Crippen molar-refractivity contribution in [3.8, 4) is 0 Å². The molecule has 0 aliphatic carbocycles. The summed E-state index contributed by atoms with van der Waals surface area (Å²) in [7, 11) is 0. The van der Waals surface area contributed by atoms with Crippen LogP contribution in [0.15, 0.2) is 24.3 Å². The molecular weight excluding hydrogens is 288 g/mol. The van der Waals surface area contributed by atoms with Gasteiger partial charge < -0.3 is 5.32 Å². The number of hydrogen-bond acceptors (Lipinski definition) is 3. The van der Waals surface area contributed by atoms with Gasteiger partial charge in [0.25, 0.3) is 0 Å². The van der Waals surface area contributed by atoms with Crippen LogP contribution in [-0.4, -0.2) is 11.0 Å². The average molecular weight is 309 g/mol. The molecule has 0 unspecified atom stereocenters. The van der Waals surface area contributed by atoms with Crippen LogP contribution in [0, 0.1) is 0 Å². The minimum atomic E-state index is 0.498. The van der Waals surface area contributed by atoms with Crippen LogP contribution in [0.25, 0.3) is 0 Å². The molecule has 0 aliphatic rings. The quantitative estimate of drug-likeness (QED) is 0.853. The zero-order valence-electron chi connectivity index (χ0n) is 12.2. The molecule has 108 valence electrons. The largest absolute Gasteiger partial charge is 0.310 e. The number of thiazole rings is 1. The Hall–Kier alpha value is -0.900. The molecule has 0 fully saturated rings. The van der Waals surface area contributed by atoms with Crippen molar-refractivity contribution < 1.29 is 0 Å². The summed E-state index contributed by atoms with van der Waals surface area (Å²) in [6.45, 7) is 7.41. The van der Waals surface area contributed by atoms with Crippen LogP contribution < -0.4 is 5.32 Å². The molecule has 1 N–H and O–H groups in total. The highest BCUT2D eigenvalue weighted by molar-refractivity contribution is 7.11. The van der Waals surface area contributed by atoms with Crippen molar-refractivity contribution in [1.29, 1.82) is 0 Å². The number of nitrogens with one attached hydrogen (secondary N) is 1. The van der Waals surface area contributed by atoms with Crippen molar-refractivity contribution in [2.24, 2.45) is 0 Å². The molecule has 20 heavy (non-hydrogen) atoms. The van der Waals surface area contributed by atoms with Crippen LogP contribution in [0.3, 0.4) is 0 Å². The van der Waals surface area contributed by atoms with Crippen molar-refractivity contribution in [2.45, 2.75) is 46.2 Å². The third kappa shape index (κ3) is 4.30. The molecule has 0 saturated carbocycles. The fraction of sp³-hybridized carbons (Fsp3) is 0.438. The molecule has 0 aliphatic heterocycles. The summed E-state index contributed by atoms with van der Waals surface area (Å²) < 4.78 is 0. The van der Waals surface area contributed by atoms with Gasteiger partial charge in [0.15, 0.2) is 0 Å². The Balaban J connectivity index is 2.12. The summed E-state index contributed by atoms with van der Waals surface area (Å²) in [6, 6.07) is 8.51. The topological polar surface area (TPSA) is 24.9 Å². The second kappa shape index (κ2) is 7.21.